The van der Waals surface area contributed by atoms with Gasteiger partial charge in [0, 0.05) is 42.9 Å². The van der Waals surface area contributed by atoms with Crippen molar-refractivity contribution in [3.63, 3.8) is 0 Å². The fourth-order valence-corrected chi connectivity index (χ4v) is 3.25. The highest BCUT2D eigenvalue weighted by atomic mass is 127. The molecule has 1 aromatic carbocycles. The molecule has 128 valence electrons. The molecular weight excluding hydrogens is 471 g/mol. The molecule has 0 bridgehead atoms. The summed E-state index contributed by atoms with van der Waals surface area (Å²) in [6.45, 7) is 6.17. The molecule has 2 heterocycles. The second-order valence-electron chi connectivity index (χ2n) is 5.88. The monoisotopic (exact) mass is 494 g/mol. The van der Waals surface area contributed by atoms with Crippen molar-refractivity contribution in [3.8, 4) is 0 Å². The molecule has 2 saturated heterocycles. The summed E-state index contributed by atoms with van der Waals surface area (Å²) in [5.41, 5.74) is 7.38. The van der Waals surface area contributed by atoms with Crippen molar-refractivity contribution < 1.29 is 4.74 Å². The number of hydrogen-bond donors (Lipinski definition) is 1. The van der Waals surface area contributed by atoms with Crippen LogP contribution in [-0.4, -0.2) is 56.8 Å². The van der Waals surface area contributed by atoms with Crippen LogP contribution in [0.2, 0.25) is 0 Å². The number of nitrogens with two attached hydrogens (primary N) is 1. The van der Waals surface area contributed by atoms with Crippen LogP contribution in [0.5, 0.6) is 0 Å². The molecule has 3 rings (SSSR count). The average molecular weight is 495 g/mol. The predicted octanol–water partition coefficient (Wildman–Crippen LogP) is 2.54. The number of ether oxygens (including phenoxy) is 1. The average Bonchev–Trinajstić information content (AvgIpc) is 3.03. The van der Waals surface area contributed by atoms with Crippen LogP contribution in [0.1, 0.15) is 6.42 Å². The van der Waals surface area contributed by atoms with Gasteiger partial charge in [-0.2, -0.15) is 0 Å². The fraction of sp³-hybridized carbons (Fsp3) is 0.562. The molecule has 7 heteroatoms. The van der Waals surface area contributed by atoms with Crippen LogP contribution in [0.3, 0.4) is 0 Å². The highest BCUT2D eigenvalue weighted by Gasteiger charge is 2.23. The SMILES string of the molecule is I.NC(=NCC1CCN(c2ccc(Br)cc2)C1)N1CCOCC1. The van der Waals surface area contributed by atoms with E-state index in [1.807, 2.05) is 0 Å². The molecule has 0 aromatic heterocycles. The lowest BCUT2D eigenvalue weighted by atomic mass is 10.1. The first-order valence-electron chi connectivity index (χ1n) is 7.85. The van der Waals surface area contributed by atoms with Crippen molar-refractivity contribution in [1.82, 2.24) is 4.90 Å². The van der Waals surface area contributed by atoms with Gasteiger partial charge in [-0.25, -0.2) is 0 Å². The number of guanidine groups is 1. The van der Waals surface area contributed by atoms with Gasteiger partial charge in [-0.15, -0.1) is 24.0 Å². The predicted molar refractivity (Wildman–Crippen MR) is 109 cm³/mol. The fourth-order valence-electron chi connectivity index (χ4n) is 2.98. The Bertz CT molecular complexity index is 519. The Hall–Kier alpha value is -0.540. The molecule has 2 fully saturated rings. The van der Waals surface area contributed by atoms with Crippen LogP contribution in [0.4, 0.5) is 5.69 Å². The van der Waals surface area contributed by atoms with E-state index in [4.69, 9.17) is 10.5 Å². The number of aliphatic imine (C=N–C) groups is 1. The van der Waals surface area contributed by atoms with E-state index >= 15 is 0 Å². The maximum absolute atomic E-state index is 6.09. The summed E-state index contributed by atoms with van der Waals surface area (Å²) < 4.78 is 6.46. The summed E-state index contributed by atoms with van der Waals surface area (Å²) in [5.74, 6) is 1.26. The molecule has 0 amide bonds. The van der Waals surface area contributed by atoms with Crippen molar-refractivity contribution in [2.45, 2.75) is 6.42 Å². The van der Waals surface area contributed by atoms with E-state index in [9.17, 15) is 0 Å². The maximum Gasteiger partial charge on any atom is 0.191 e. The smallest absolute Gasteiger partial charge is 0.191 e. The number of rotatable bonds is 3. The van der Waals surface area contributed by atoms with E-state index < -0.39 is 0 Å². The summed E-state index contributed by atoms with van der Waals surface area (Å²) in [4.78, 5) is 9.15. The van der Waals surface area contributed by atoms with E-state index in [0.717, 1.165) is 50.4 Å². The molecule has 2 aliphatic heterocycles. The van der Waals surface area contributed by atoms with Gasteiger partial charge >= 0.3 is 0 Å². The minimum absolute atomic E-state index is 0. The van der Waals surface area contributed by atoms with Crippen LogP contribution in [0, 0.1) is 5.92 Å². The van der Waals surface area contributed by atoms with Crippen molar-refractivity contribution in [3.05, 3.63) is 28.7 Å². The Kier molecular flexibility index (Phi) is 7.42. The first-order valence-corrected chi connectivity index (χ1v) is 8.65. The minimum Gasteiger partial charge on any atom is -0.378 e. The van der Waals surface area contributed by atoms with E-state index in [2.05, 4.69) is 55.0 Å². The summed E-state index contributed by atoms with van der Waals surface area (Å²) in [5, 5.41) is 0. The maximum atomic E-state index is 6.09. The first-order chi connectivity index (χ1) is 10.7. The standard InChI is InChI=1S/C16H23BrN4O.HI/c17-14-1-3-15(4-2-14)21-6-5-13(12-21)11-19-16(18)20-7-9-22-10-8-20;/h1-4,13H,5-12H2,(H2,18,19);1H. The number of hydrogen-bond acceptors (Lipinski definition) is 3. The van der Waals surface area contributed by atoms with Gasteiger partial charge in [-0.05, 0) is 36.6 Å². The van der Waals surface area contributed by atoms with Gasteiger partial charge in [0.05, 0.1) is 13.2 Å². The molecule has 0 radical (unpaired) electrons. The van der Waals surface area contributed by atoms with Gasteiger partial charge in [0.1, 0.15) is 0 Å². The molecule has 1 unspecified atom stereocenters. The van der Waals surface area contributed by atoms with Gasteiger partial charge in [0.2, 0.25) is 0 Å². The lowest BCUT2D eigenvalue weighted by Crippen LogP contribution is -2.45. The highest BCUT2D eigenvalue weighted by molar-refractivity contribution is 14.0. The molecule has 0 aliphatic carbocycles. The first kappa shape index (κ1) is 18.8. The highest BCUT2D eigenvalue weighted by Crippen LogP contribution is 2.25. The molecule has 2 aliphatic rings. The quantitative estimate of drug-likeness (QED) is 0.398. The van der Waals surface area contributed by atoms with E-state index in [0.29, 0.717) is 11.9 Å². The molecule has 23 heavy (non-hydrogen) atoms. The van der Waals surface area contributed by atoms with Crippen LogP contribution in [-0.2, 0) is 4.74 Å². The summed E-state index contributed by atoms with van der Waals surface area (Å²) in [6.07, 6.45) is 1.18. The zero-order valence-corrected chi connectivity index (χ0v) is 17.1. The van der Waals surface area contributed by atoms with E-state index in [1.54, 1.807) is 0 Å². The molecular formula is C16H24BrIN4O. The summed E-state index contributed by atoms with van der Waals surface area (Å²) >= 11 is 3.48. The largest absolute Gasteiger partial charge is 0.378 e. The second-order valence-corrected chi connectivity index (χ2v) is 6.79. The van der Waals surface area contributed by atoms with E-state index in [1.165, 1.54) is 12.1 Å². The molecule has 5 nitrogen and oxygen atoms in total. The molecule has 1 aromatic rings. The Labute approximate surface area is 163 Å². The lowest BCUT2D eigenvalue weighted by molar-refractivity contribution is 0.0674. The Balaban J connectivity index is 0.00000192. The van der Waals surface area contributed by atoms with Crippen LogP contribution < -0.4 is 10.6 Å². The number of halogens is 2. The molecule has 0 saturated carbocycles. The van der Waals surface area contributed by atoms with Crippen molar-refractivity contribution in [2.75, 3.05) is 50.8 Å². The topological polar surface area (TPSA) is 54.1 Å². The number of anilines is 1. The third kappa shape index (κ3) is 5.22. The van der Waals surface area contributed by atoms with Gasteiger partial charge in [0.25, 0.3) is 0 Å². The third-order valence-corrected chi connectivity index (χ3v) is 4.85. The Morgan fingerprint density at radius 2 is 1.91 bits per heavy atom. The van der Waals surface area contributed by atoms with Gasteiger partial charge in [-0.3, -0.25) is 4.99 Å². The van der Waals surface area contributed by atoms with Gasteiger partial charge < -0.3 is 20.3 Å². The lowest BCUT2D eigenvalue weighted by Gasteiger charge is -2.27. The minimum atomic E-state index is 0. The third-order valence-electron chi connectivity index (χ3n) is 4.32. The number of morpholine rings is 1. The zero-order valence-electron chi connectivity index (χ0n) is 13.2. The number of benzene rings is 1. The molecule has 0 spiro atoms. The van der Waals surface area contributed by atoms with Crippen molar-refractivity contribution in [1.29, 1.82) is 0 Å². The van der Waals surface area contributed by atoms with Crippen molar-refractivity contribution >= 4 is 51.6 Å². The Morgan fingerprint density at radius 1 is 1.22 bits per heavy atom. The van der Waals surface area contributed by atoms with E-state index in [-0.39, 0.29) is 24.0 Å². The van der Waals surface area contributed by atoms with Gasteiger partial charge in [-0.1, -0.05) is 15.9 Å². The Morgan fingerprint density at radius 3 is 2.61 bits per heavy atom. The normalized spacial score (nSPS) is 22.1. The van der Waals surface area contributed by atoms with Crippen LogP contribution in [0.25, 0.3) is 0 Å². The zero-order chi connectivity index (χ0) is 15.4. The summed E-state index contributed by atoms with van der Waals surface area (Å²) in [7, 11) is 0. The number of nitrogens with zero attached hydrogens (tertiary/aromatic N) is 3. The van der Waals surface area contributed by atoms with Gasteiger partial charge in [0.15, 0.2) is 5.96 Å². The second kappa shape index (κ2) is 9.08. The molecule has 2 N–H and O–H groups in total. The summed E-state index contributed by atoms with van der Waals surface area (Å²) in [6, 6.07) is 8.52. The van der Waals surface area contributed by atoms with Crippen LogP contribution >= 0.6 is 39.9 Å². The van der Waals surface area contributed by atoms with Crippen LogP contribution in [0.15, 0.2) is 33.7 Å². The van der Waals surface area contributed by atoms with Crippen molar-refractivity contribution in [2.24, 2.45) is 16.6 Å². The molecule has 1 atom stereocenters.